The molecule has 2 N–H and O–H groups in total. The van der Waals surface area contributed by atoms with E-state index < -0.39 is 23.2 Å². The molecule has 0 bridgehead atoms. The number of nitrogens with zero attached hydrogens (tertiary/aromatic N) is 2. The third kappa shape index (κ3) is 3.99. The summed E-state index contributed by atoms with van der Waals surface area (Å²) in [6, 6.07) is 7.03. The van der Waals surface area contributed by atoms with Crippen LogP contribution in [0.25, 0.3) is 0 Å². The van der Waals surface area contributed by atoms with Gasteiger partial charge in [0.1, 0.15) is 17.3 Å². The fraction of sp³-hybridized carbons (Fsp3) is 0.333. The minimum Gasteiger partial charge on any atom is -0.481 e. The number of hydrogen-bond acceptors (Lipinski definition) is 4. The van der Waals surface area contributed by atoms with Crippen LogP contribution in [0.3, 0.4) is 0 Å². The van der Waals surface area contributed by atoms with E-state index in [1.165, 1.54) is 30.5 Å². The molecule has 0 aliphatic heterocycles. The maximum atomic E-state index is 13.6. The van der Waals surface area contributed by atoms with Crippen LogP contribution in [0.5, 0.6) is 0 Å². The number of aromatic nitrogens is 2. The lowest BCUT2D eigenvalue weighted by Crippen LogP contribution is -2.45. The van der Waals surface area contributed by atoms with E-state index in [1.54, 1.807) is 13.0 Å². The summed E-state index contributed by atoms with van der Waals surface area (Å²) in [7, 11) is 0. The molecular formula is C18H18FN3O3. The summed E-state index contributed by atoms with van der Waals surface area (Å²) in [5.41, 5.74) is -0.722. The van der Waals surface area contributed by atoms with Crippen molar-refractivity contribution in [2.45, 2.75) is 37.6 Å². The van der Waals surface area contributed by atoms with Gasteiger partial charge in [0.05, 0.1) is 12.0 Å². The van der Waals surface area contributed by atoms with Crippen LogP contribution >= 0.6 is 0 Å². The number of amides is 1. The first kappa shape index (κ1) is 17.0. The van der Waals surface area contributed by atoms with Gasteiger partial charge in [0.2, 0.25) is 0 Å². The van der Waals surface area contributed by atoms with Crippen LogP contribution in [0.15, 0.2) is 36.5 Å². The predicted octanol–water partition coefficient (Wildman–Crippen LogP) is 2.61. The van der Waals surface area contributed by atoms with Crippen molar-refractivity contribution in [2.24, 2.45) is 0 Å². The van der Waals surface area contributed by atoms with Gasteiger partial charge in [-0.25, -0.2) is 14.4 Å². The molecule has 1 aliphatic rings. The van der Waals surface area contributed by atoms with Gasteiger partial charge in [-0.1, -0.05) is 12.1 Å². The van der Waals surface area contributed by atoms with Crippen molar-refractivity contribution < 1.29 is 19.1 Å². The highest BCUT2D eigenvalue weighted by Crippen LogP contribution is 2.37. The third-order valence-electron chi connectivity index (χ3n) is 4.21. The number of halogens is 1. The molecule has 1 aromatic heterocycles. The second-order valence-corrected chi connectivity index (χ2v) is 6.44. The molecule has 1 amide bonds. The van der Waals surface area contributed by atoms with Crippen molar-refractivity contribution in [1.82, 2.24) is 15.3 Å². The zero-order valence-electron chi connectivity index (χ0n) is 13.7. The molecule has 1 aliphatic carbocycles. The van der Waals surface area contributed by atoms with Gasteiger partial charge >= 0.3 is 5.97 Å². The minimum atomic E-state index is -1.27. The first-order valence-corrected chi connectivity index (χ1v) is 8.01. The molecule has 1 saturated carbocycles. The molecule has 0 saturated heterocycles. The van der Waals surface area contributed by atoms with Crippen LogP contribution < -0.4 is 5.32 Å². The summed E-state index contributed by atoms with van der Waals surface area (Å²) in [5.74, 6) is -1.20. The van der Waals surface area contributed by atoms with E-state index in [0.29, 0.717) is 17.3 Å². The number of rotatable bonds is 6. The lowest BCUT2D eigenvalue weighted by Gasteiger charge is -2.30. The maximum absolute atomic E-state index is 13.6. The van der Waals surface area contributed by atoms with Crippen molar-refractivity contribution >= 4 is 11.9 Å². The predicted molar refractivity (Wildman–Crippen MR) is 87.5 cm³/mol. The van der Waals surface area contributed by atoms with Gasteiger partial charge in [0.15, 0.2) is 0 Å². The molecule has 25 heavy (non-hydrogen) atoms. The molecule has 2 aromatic rings. The smallest absolute Gasteiger partial charge is 0.306 e. The first-order chi connectivity index (χ1) is 11.9. The number of nitrogens with one attached hydrogen (secondary N) is 1. The van der Waals surface area contributed by atoms with Crippen LogP contribution in [-0.2, 0) is 10.3 Å². The van der Waals surface area contributed by atoms with Crippen molar-refractivity contribution in [1.29, 1.82) is 0 Å². The SMILES string of the molecule is CC(CC(=O)O)(NC(=O)c1ccnc(C2CC2)n1)c1cccc(F)c1. The Hall–Kier alpha value is -2.83. The van der Waals surface area contributed by atoms with Gasteiger partial charge < -0.3 is 10.4 Å². The number of carboxylic acids is 1. The minimum absolute atomic E-state index is 0.171. The monoisotopic (exact) mass is 343 g/mol. The molecule has 7 heteroatoms. The van der Waals surface area contributed by atoms with Crippen molar-refractivity contribution in [2.75, 3.05) is 0 Å². The van der Waals surface area contributed by atoms with E-state index in [4.69, 9.17) is 0 Å². The average Bonchev–Trinajstić information content (AvgIpc) is 3.39. The Labute approximate surface area is 144 Å². The number of hydrogen-bond donors (Lipinski definition) is 2. The molecule has 6 nitrogen and oxygen atoms in total. The highest BCUT2D eigenvalue weighted by atomic mass is 19.1. The van der Waals surface area contributed by atoms with Gasteiger partial charge in [-0.2, -0.15) is 0 Å². The zero-order valence-corrected chi connectivity index (χ0v) is 13.7. The van der Waals surface area contributed by atoms with Gasteiger partial charge in [-0.05, 0) is 43.5 Å². The third-order valence-corrected chi connectivity index (χ3v) is 4.21. The molecule has 1 aromatic carbocycles. The number of carbonyl (C=O) groups is 2. The molecule has 0 radical (unpaired) electrons. The van der Waals surface area contributed by atoms with E-state index in [1.807, 2.05) is 0 Å². The quantitative estimate of drug-likeness (QED) is 0.841. The second kappa shape index (κ2) is 6.58. The van der Waals surface area contributed by atoms with Gasteiger partial charge in [0, 0.05) is 12.1 Å². The number of aliphatic carboxylic acids is 1. The molecule has 1 unspecified atom stereocenters. The Morgan fingerprint density at radius 2 is 2.12 bits per heavy atom. The fourth-order valence-corrected chi connectivity index (χ4v) is 2.71. The Balaban J connectivity index is 1.88. The summed E-state index contributed by atoms with van der Waals surface area (Å²) in [5, 5.41) is 11.9. The Morgan fingerprint density at radius 3 is 2.76 bits per heavy atom. The Bertz CT molecular complexity index is 823. The van der Waals surface area contributed by atoms with Gasteiger partial charge in [-0.3, -0.25) is 9.59 Å². The largest absolute Gasteiger partial charge is 0.481 e. The maximum Gasteiger partial charge on any atom is 0.306 e. The topological polar surface area (TPSA) is 92.2 Å². The highest BCUT2D eigenvalue weighted by Gasteiger charge is 2.33. The molecule has 3 rings (SSSR count). The number of benzene rings is 1. The van der Waals surface area contributed by atoms with Crippen molar-refractivity contribution in [3.63, 3.8) is 0 Å². The summed E-state index contributed by atoms with van der Waals surface area (Å²) < 4.78 is 13.6. The number of carboxylic acid groups (broad SMARTS) is 1. The standard InChI is InChI=1S/C18H18FN3O3/c1-18(10-15(23)24,12-3-2-4-13(19)9-12)22-17(25)14-7-8-20-16(21-14)11-5-6-11/h2-4,7-9,11H,5-6,10H2,1H3,(H,22,25)(H,23,24). The summed E-state index contributed by atoms with van der Waals surface area (Å²) in [6.45, 7) is 1.55. The first-order valence-electron chi connectivity index (χ1n) is 8.01. The average molecular weight is 343 g/mol. The normalized spacial score (nSPS) is 16.1. The molecule has 1 atom stereocenters. The Morgan fingerprint density at radius 1 is 1.36 bits per heavy atom. The molecule has 1 heterocycles. The van der Waals surface area contributed by atoms with Gasteiger partial charge in [0.25, 0.3) is 5.91 Å². The Kier molecular flexibility index (Phi) is 4.48. The van der Waals surface area contributed by atoms with Crippen LogP contribution in [0.2, 0.25) is 0 Å². The van der Waals surface area contributed by atoms with Crippen LogP contribution in [0.1, 0.15) is 54.0 Å². The highest BCUT2D eigenvalue weighted by molar-refractivity contribution is 5.93. The van der Waals surface area contributed by atoms with Crippen LogP contribution in [0, 0.1) is 5.82 Å². The van der Waals surface area contributed by atoms with Gasteiger partial charge in [-0.15, -0.1) is 0 Å². The van der Waals surface area contributed by atoms with E-state index in [-0.39, 0.29) is 12.1 Å². The lowest BCUT2D eigenvalue weighted by atomic mass is 9.88. The van der Waals surface area contributed by atoms with E-state index >= 15 is 0 Å². The van der Waals surface area contributed by atoms with E-state index in [2.05, 4.69) is 15.3 Å². The van der Waals surface area contributed by atoms with Crippen LogP contribution in [0.4, 0.5) is 4.39 Å². The van der Waals surface area contributed by atoms with Crippen LogP contribution in [-0.4, -0.2) is 27.0 Å². The lowest BCUT2D eigenvalue weighted by molar-refractivity contribution is -0.138. The molecule has 1 fully saturated rings. The van der Waals surface area contributed by atoms with E-state index in [9.17, 15) is 19.1 Å². The molecular weight excluding hydrogens is 325 g/mol. The summed E-state index contributed by atoms with van der Waals surface area (Å²) in [6.07, 6.45) is 3.14. The molecule has 130 valence electrons. The summed E-state index contributed by atoms with van der Waals surface area (Å²) in [4.78, 5) is 32.3. The zero-order chi connectivity index (χ0) is 18.0. The van der Waals surface area contributed by atoms with E-state index in [0.717, 1.165) is 12.8 Å². The number of carbonyl (C=O) groups excluding carboxylic acids is 1. The van der Waals surface area contributed by atoms with Crippen molar-refractivity contribution in [3.05, 3.63) is 59.4 Å². The van der Waals surface area contributed by atoms with Crippen molar-refractivity contribution in [3.8, 4) is 0 Å². The molecule has 0 spiro atoms. The fourth-order valence-electron chi connectivity index (χ4n) is 2.71. The second-order valence-electron chi connectivity index (χ2n) is 6.44. The summed E-state index contributed by atoms with van der Waals surface area (Å²) >= 11 is 0.